The van der Waals surface area contributed by atoms with Gasteiger partial charge in [-0.15, -0.1) is 0 Å². The molecule has 1 aromatic carbocycles. The van der Waals surface area contributed by atoms with Gasteiger partial charge in [0.15, 0.2) is 0 Å². The first-order valence-electron chi connectivity index (χ1n) is 6.87. The zero-order valence-corrected chi connectivity index (χ0v) is 13.5. The first-order chi connectivity index (χ1) is 9.86. The fourth-order valence-electron chi connectivity index (χ4n) is 1.98. The van der Waals surface area contributed by atoms with E-state index in [2.05, 4.69) is 5.32 Å². The molecule has 0 fully saturated rings. The highest BCUT2D eigenvalue weighted by atomic mass is 32.2. The number of nitrogens with one attached hydrogen (secondary N) is 1. The molecule has 0 heterocycles. The quantitative estimate of drug-likeness (QED) is 0.771. The number of benzene rings is 1. The van der Waals surface area contributed by atoms with Crippen molar-refractivity contribution in [1.29, 1.82) is 0 Å². The normalized spacial score (nSPS) is 11.7. The molecule has 0 saturated carbocycles. The van der Waals surface area contributed by atoms with Crippen LogP contribution in [0.5, 0.6) is 0 Å². The molecule has 0 aliphatic rings. The van der Waals surface area contributed by atoms with Crippen molar-refractivity contribution >= 4 is 15.9 Å². The Hall–Kier alpha value is -1.44. The average Bonchev–Trinajstić information content (AvgIpc) is 2.46. The minimum Gasteiger partial charge on any atom is -0.358 e. The number of rotatable bonds is 7. The number of hydrogen-bond donors (Lipinski definition) is 2. The lowest BCUT2D eigenvalue weighted by Crippen LogP contribution is -2.40. The van der Waals surface area contributed by atoms with Crippen LogP contribution in [-0.4, -0.2) is 38.8 Å². The van der Waals surface area contributed by atoms with E-state index < -0.39 is 10.0 Å². The molecule has 1 amide bonds. The van der Waals surface area contributed by atoms with Gasteiger partial charge >= 0.3 is 0 Å². The molecule has 21 heavy (non-hydrogen) atoms. The Labute approximate surface area is 126 Å². The van der Waals surface area contributed by atoms with Gasteiger partial charge in [0, 0.05) is 20.1 Å². The molecule has 0 atom stereocenters. The van der Waals surface area contributed by atoms with Crippen LogP contribution in [0.1, 0.15) is 24.5 Å². The maximum atomic E-state index is 12.6. The molecule has 1 rings (SSSR count). The van der Waals surface area contributed by atoms with Crippen molar-refractivity contribution in [2.75, 3.05) is 20.1 Å². The van der Waals surface area contributed by atoms with E-state index in [0.717, 1.165) is 11.1 Å². The maximum Gasteiger partial charge on any atom is 0.243 e. The summed E-state index contributed by atoms with van der Waals surface area (Å²) in [5, 5.41) is 2.45. The van der Waals surface area contributed by atoms with Gasteiger partial charge in [-0.1, -0.05) is 13.0 Å². The fourth-order valence-corrected chi connectivity index (χ4v) is 3.55. The number of carbonyl (C=O) groups excluding carboxylic acids is 1. The third-order valence-corrected chi connectivity index (χ3v) is 5.08. The Morgan fingerprint density at radius 3 is 2.52 bits per heavy atom. The van der Waals surface area contributed by atoms with Crippen molar-refractivity contribution in [3.05, 3.63) is 29.3 Å². The Kier molecular flexibility index (Phi) is 6.32. The third-order valence-electron chi connectivity index (χ3n) is 3.24. The number of sulfonamides is 1. The number of amides is 1. The summed E-state index contributed by atoms with van der Waals surface area (Å²) < 4.78 is 26.5. The van der Waals surface area contributed by atoms with E-state index in [-0.39, 0.29) is 17.3 Å². The van der Waals surface area contributed by atoms with E-state index in [9.17, 15) is 13.2 Å². The number of aryl methyl sites for hydroxylation is 1. The molecule has 3 N–H and O–H groups in total. The molecular formula is C14H23N3O3S. The smallest absolute Gasteiger partial charge is 0.243 e. The Balaban J connectivity index is 3.16. The Morgan fingerprint density at radius 1 is 1.38 bits per heavy atom. The maximum absolute atomic E-state index is 12.6. The van der Waals surface area contributed by atoms with E-state index >= 15 is 0 Å². The molecule has 0 aliphatic heterocycles. The Bertz CT molecular complexity index is 599. The van der Waals surface area contributed by atoms with E-state index in [1.807, 2.05) is 13.8 Å². The van der Waals surface area contributed by atoms with Gasteiger partial charge in [-0.25, -0.2) is 8.42 Å². The molecule has 118 valence electrons. The topological polar surface area (TPSA) is 92.5 Å². The van der Waals surface area contributed by atoms with Crippen molar-refractivity contribution in [3.63, 3.8) is 0 Å². The van der Waals surface area contributed by atoms with Crippen LogP contribution in [0, 0.1) is 6.92 Å². The second-order valence-electron chi connectivity index (χ2n) is 4.80. The van der Waals surface area contributed by atoms with Gasteiger partial charge < -0.3 is 11.1 Å². The van der Waals surface area contributed by atoms with Crippen molar-refractivity contribution in [1.82, 2.24) is 9.62 Å². The molecule has 0 unspecified atom stereocenters. The lowest BCUT2D eigenvalue weighted by Gasteiger charge is -2.21. The number of carbonyl (C=O) groups is 1. The van der Waals surface area contributed by atoms with Crippen molar-refractivity contribution in [2.24, 2.45) is 5.73 Å². The predicted molar refractivity (Wildman–Crippen MR) is 82.2 cm³/mol. The van der Waals surface area contributed by atoms with Crippen LogP contribution >= 0.6 is 0 Å². The van der Waals surface area contributed by atoms with E-state index in [4.69, 9.17) is 5.73 Å². The highest BCUT2D eigenvalue weighted by Crippen LogP contribution is 2.19. The van der Waals surface area contributed by atoms with E-state index in [1.165, 1.54) is 17.4 Å². The van der Waals surface area contributed by atoms with Crippen molar-refractivity contribution < 1.29 is 13.2 Å². The lowest BCUT2D eigenvalue weighted by molar-refractivity contribution is -0.120. The number of nitrogens with zero attached hydrogens (tertiary/aromatic N) is 1. The van der Waals surface area contributed by atoms with Gasteiger partial charge in [-0.2, -0.15) is 4.31 Å². The highest BCUT2D eigenvalue weighted by molar-refractivity contribution is 7.89. The van der Waals surface area contributed by atoms with Crippen LogP contribution in [0.3, 0.4) is 0 Å². The summed E-state index contributed by atoms with van der Waals surface area (Å²) in [6.07, 6.45) is 0.635. The summed E-state index contributed by atoms with van der Waals surface area (Å²) in [6, 6.07) is 4.85. The van der Waals surface area contributed by atoms with Gasteiger partial charge in [-0.05, 0) is 36.6 Å². The molecular weight excluding hydrogens is 290 g/mol. The van der Waals surface area contributed by atoms with Crippen LogP contribution in [0.4, 0.5) is 0 Å². The van der Waals surface area contributed by atoms with Crippen LogP contribution < -0.4 is 11.1 Å². The minimum absolute atomic E-state index is 0.176. The summed E-state index contributed by atoms with van der Waals surface area (Å²) in [5.41, 5.74) is 7.32. The van der Waals surface area contributed by atoms with Crippen LogP contribution in [0.2, 0.25) is 0 Å². The number of hydrogen-bond acceptors (Lipinski definition) is 4. The number of likely N-dealkylation sites (N-methyl/N-ethyl adjacent to an activating group) is 1. The summed E-state index contributed by atoms with van der Waals surface area (Å²) >= 11 is 0. The average molecular weight is 313 g/mol. The summed E-state index contributed by atoms with van der Waals surface area (Å²) in [5.74, 6) is -0.331. The van der Waals surface area contributed by atoms with Gasteiger partial charge in [0.2, 0.25) is 15.9 Å². The largest absolute Gasteiger partial charge is 0.358 e. The van der Waals surface area contributed by atoms with Gasteiger partial charge in [-0.3, -0.25) is 4.79 Å². The lowest BCUT2D eigenvalue weighted by atomic mass is 10.1. The SMILES string of the molecule is CCCN(CC(=O)NC)S(=O)(=O)c1ccc(CN)c(C)c1. The summed E-state index contributed by atoms with van der Waals surface area (Å²) in [6.45, 7) is 4.18. The predicted octanol–water partition coefficient (Wildman–Crippen LogP) is 0.600. The zero-order chi connectivity index (χ0) is 16.0. The Morgan fingerprint density at radius 2 is 2.05 bits per heavy atom. The summed E-state index contributed by atoms with van der Waals surface area (Å²) in [4.78, 5) is 11.7. The monoisotopic (exact) mass is 313 g/mol. The van der Waals surface area contributed by atoms with Crippen LogP contribution in [0.25, 0.3) is 0 Å². The minimum atomic E-state index is -3.68. The second-order valence-corrected chi connectivity index (χ2v) is 6.74. The first kappa shape index (κ1) is 17.6. The van der Waals surface area contributed by atoms with E-state index in [0.29, 0.717) is 19.5 Å². The molecule has 0 saturated heterocycles. The summed E-state index contributed by atoms with van der Waals surface area (Å²) in [7, 11) is -2.20. The zero-order valence-electron chi connectivity index (χ0n) is 12.7. The molecule has 1 aromatic rings. The van der Waals surface area contributed by atoms with Crippen molar-refractivity contribution in [2.45, 2.75) is 31.7 Å². The molecule has 0 spiro atoms. The molecule has 0 radical (unpaired) electrons. The molecule has 6 nitrogen and oxygen atoms in total. The van der Waals surface area contributed by atoms with Gasteiger partial charge in [0.1, 0.15) is 0 Å². The first-order valence-corrected chi connectivity index (χ1v) is 8.31. The van der Waals surface area contributed by atoms with E-state index in [1.54, 1.807) is 12.1 Å². The molecule has 0 bridgehead atoms. The van der Waals surface area contributed by atoms with Gasteiger partial charge in [0.25, 0.3) is 0 Å². The molecule has 7 heteroatoms. The van der Waals surface area contributed by atoms with Crippen molar-refractivity contribution in [3.8, 4) is 0 Å². The second kappa shape index (κ2) is 7.53. The third kappa shape index (κ3) is 4.26. The van der Waals surface area contributed by atoms with Crippen LogP contribution in [0.15, 0.2) is 23.1 Å². The molecule has 0 aliphatic carbocycles. The molecule has 0 aromatic heterocycles. The number of nitrogens with two attached hydrogens (primary N) is 1. The standard InChI is InChI=1S/C14H23N3O3S/c1-4-7-17(10-14(18)16-3)21(19,20)13-6-5-12(9-15)11(2)8-13/h5-6,8H,4,7,9-10,15H2,1-3H3,(H,16,18). The fraction of sp³-hybridized carbons (Fsp3) is 0.500. The van der Waals surface area contributed by atoms with Crippen LogP contribution in [-0.2, 0) is 21.4 Å². The van der Waals surface area contributed by atoms with Gasteiger partial charge in [0.05, 0.1) is 11.4 Å². The highest BCUT2D eigenvalue weighted by Gasteiger charge is 2.25.